The number of Topliss-reactive ketones (excluding diaryl/α,β-unsaturated/α-hetero) is 1. The maximum absolute atomic E-state index is 12.0. The Kier molecular flexibility index (Phi) is 5.82. The van der Waals surface area contributed by atoms with E-state index in [0.717, 1.165) is 0 Å². The van der Waals surface area contributed by atoms with Crippen LogP contribution in [0.3, 0.4) is 0 Å². The SMILES string of the molecule is CN(CCC(=O)c1ccc(Cl)cc1)CCC(F)(F)F. The lowest BCUT2D eigenvalue weighted by Crippen LogP contribution is -2.26. The maximum atomic E-state index is 12.0. The van der Waals surface area contributed by atoms with Gasteiger partial charge >= 0.3 is 6.18 Å². The second-order valence-corrected chi connectivity index (χ2v) is 4.78. The molecule has 6 heteroatoms. The molecule has 0 unspecified atom stereocenters. The molecule has 0 spiro atoms. The molecule has 0 N–H and O–H groups in total. The van der Waals surface area contributed by atoms with Crippen molar-refractivity contribution >= 4 is 17.4 Å². The monoisotopic (exact) mass is 293 g/mol. The van der Waals surface area contributed by atoms with Gasteiger partial charge in [0.25, 0.3) is 0 Å². The number of hydrogen-bond donors (Lipinski definition) is 0. The predicted octanol–water partition coefficient (Wildman–Crippen LogP) is 3.80. The minimum atomic E-state index is -4.16. The number of halogens is 4. The van der Waals surface area contributed by atoms with E-state index in [9.17, 15) is 18.0 Å². The minimum Gasteiger partial charge on any atom is -0.306 e. The molecular formula is C13H15ClF3NO. The molecule has 0 aliphatic heterocycles. The van der Waals surface area contributed by atoms with Gasteiger partial charge in [0.15, 0.2) is 5.78 Å². The predicted molar refractivity (Wildman–Crippen MR) is 68.6 cm³/mol. The van der Waals surface area contributed by atoms with Crippen LogP contribution in [-0.2, 0) is 0 Å². The number of ketones is 1. The Morgan fingerprint density at radius 3 is 2.32 bits per heavy atom. The largest absolute Gasteiger partial charge is 0.390 e. The lowest BCUT2D eigenvalue weighted by molar-refractivity contribution is -0.137. The molecule has 1 aromatic rings. The summed E-state index contributed by atoms with van der Waals surface area (Å²) in [6.07, 6.45) is -4.83. The average molecular weight is 294 g/mol. The van der Waals surface area contributed by atoms with Gasteiger partial charge in [-0.3, -0.25) is 4.79 Å². The molecule has 0 heterocycles. The van der Waals surface area contributed by atoms with Gasteiger partial charge in [0, 0.05) is 30.1 Å². The smallest absolute Gasteiger partial charge is 0.306 e. The first-order chi connectivity index (χ1) is 8.78. The van der Waals surface area contributed by atoms with E-state index < -0.39 is 12.6 Å². The molecule has 1 rings (SSSR count). The van der Waals surface area contributed by atoms with Crippen LogP contribution in [0, 0.1) is 0 Å². The molecule has 1 aromatic carbocycles. The summed E-state index contributed by atoms with van der Waals surface area (Å²) < 4.78 is 36.0. The second-order valence-electron chi connectivity index (χ2n) is 4.35. The topological polar surface area (TPSA) is 20.3 Å². The molecule has 0 aromatic heterocycles. The number of carbonyl (C=O) groups is 1. The van der Waals surface area contributed by atoms with Gasteiger partial charge in [-0.2, -0.15) is 13.2 Å². The average Bonchev–Trinajstić information content (AvgIpc) is 2.33. The van der Waals surface area contributed by atoms with Crippen molar-refractivity contribution in [3.8, 4) is 0 Å². The molecule has 2 nitrogen and oxygen atoms in total. The summed E-state index contributed by atoms with van der Waals surface area (Å²) in [4.78, 5) is 13.3. The van der Waals surface area contributed by atoms with Crippen molar-refractivity contribution in [2.45, 2.75) is 19.0 Å². The number of carbonyl (C=O) groups excluding carboxylic acids is 1. The van der Waals surface area contributed by atoms with Crippen molar-refractivity contribution in [2.24, 2.45) is 0 Å². The van der Waals surface area contributed by atoms with Gasteiger partial charge in [0.2, 0.25) is 0 Å². The normalized spacial score (nSPS) is 11.9. The van der Waals surface area contributed by atoms with Crippen molar-refractivity contribution < 1.29 is 18.0 Å². The minimum absolute atomic E-state index is 0.0998. The van der Waals surface area contributed by atoms with Gasteiger partial charge in [0.1, 0.15) is 0 Å². The first kappa shape index (κ1) is 16.0. The summed E-state index contributed by atoms with van der Waals surface area (Å²) in [6.45, 7) is 0.203. The Balaban J connectivity index is 2.36. The third-order valence-corrected chi connectivity index (χ3v) is 2.92. The van der Waals surface area contributed by atoms with E-state index in [0.29, 0.717) is 17.1 Å². The van der Waals surface area contributed by atoms with Crippen LogP contribution in [0.4, 0.5) is 13.2 Å². The van der Waals surface area contributed by atoms with Crippen molar-refractivity contribution in [3.63, 3.8) is 0 Å². The van der Waals surface area contributed by atoms with Gasteiger partial charge in [-0.25, -0.2) is 0 Å². The molecule has 0 radical (unpaired) electrons. The zero-order valence-corrected chi connectivity index (χ0v) is 11.3. The Morgan fingerprint density at radius 2 is 1.79 bits per heavy atom. The van der Waals surface area contributed by atoms with E-state index in [1.165, 1.54) is 4.90 Å². The molecule has 0 saturated carbocycles. The molecule has 0 atom stereocenters. The fourth-order valence-corrected chi connectivity index (χ4v) is 1.63. The van der Waals surface area contributed by atoms with Gasteiger partial charge in [-0.05, 0) is 31.3 Å². The van der Waals surface area contributed by atoms with E-state index >= 15 is 0 Å². The van der Waals surface area contributed by atoms with Crippen LogP contribution in [0.2, 0.25) is 5.02 Å². The molecule has 106 valence electrons. The van der Waals surface area contributed by atoms with E-state index in [1.807, 2.05) is 0 Å². The fourth-order valence-electron chi connectivity index (χ4n) is 1.50. The van der Waals surface area contributed by atoms with Crippen LogP contribution in [0.5, 0.6) is 0 Å². The highest BCUT2D eigenvalue weighted by atomic mass is 35.5. The van der Waals surface area contributed by atoms with Gasteiger partial charge in [-0.15, -0.1) is 0 Å². The van der Waals surface area contributed by atoms with E-state index in [4.69, 9.17) is 11.6 Å². The molecule has 0 aliphatic carbocycles. The zero-order chi connectivity index (χ0) is 14.5. The lowest BCUT2D eigenvalue weighted by atomic mass is 10.1. The molecule has 0 bridgehead atoms. The summed E-state index contributed by atoms with van der Waals surface area (Å²) in [7, 11) is 1.57. The summed E-state index contributed by atoms with van der Waals surface area (Å²) in [5.74, 6) is -0.101. The summed E-state index contributed by atoms with van der Waals surface area (Å²) in [5, 5.41) is 0.541. The maximum Gasteiger partial charge on any atom is 0.390 e. The Morgan fingerprint density at radius 1 is 1.21 bits per heavy atom. The number of hydrogen-bond acceptors (Lipinski definition) is 2. The number of benzene rings is 1. The van der Waals surface area contributed by atoms with Crippen molar-refractivity contribution in [2.75, 3.05) is 20.1 Å². The van der Waals surface area contributed by atoms with Gasteiger partial charge < -0.3 is 4.90 Å². The highest BCUT2D eigenvalue weighted by Crippen LogP contribution is 2.19. The van der Waals surface area contributed by atoms with Crippen LogP contribution in [0.15, 0.2) is 24.3 Å². The van der Waals surface area contributed by atoms with Crippen LogP contribution in [0.1, 0.15) is 23.2 Å². The van der Waals surface area contributed by atoms with Crippen molar-refractivity contribution in [1.82, 2.24) is 4.90 Å². The Labute approximate surface area is 115 Å². The number of alkyl halides is 3. The summed E-state index contributed by atoms with van der Waals surface area (Å²) in [6, 6.07) is 6.45. The molecule has 0 amide bonds. The molecule has 0 aliphatic rings. The standard InChI is InChI=1S/C13H15ClF3NO/c1-18(9-7-13(15,16)17)8-6-12(19)10-2-4-11(14)5-3-10/h2-5H,6-9H2,1H3. The van der Waals surface area contributed by atoms with Crippen LogP contribution < -0.4 is 0 Å². The first-order valence-electron chi connectivity index (χ1n) is 5.82. The summed E-state index contributed by atoms with van der Waals surface area (Å²) >= 11 is 5.70. The van der Waals surface area contributed by atoms with E-state index in [2.05, 4.69) is 0 Å². The molecule has 0 fully saturated rings. The molecule has 19 heavy (non-hydrogen) atoms. The molecule has 0 saturated heterocycles. The lowest BCUT2D eigenvalue weighted by Gasteiger charge is -2.17. The summed E-state index contributed by atoms with van der Waals surface area (Å²) in [5.41, 5.74) is 0.522. The van der Waals surface area contributed by atoms with Gasteiger partial charge in [-0.1, -0.05) is 11.6 Å². The van der Waals surface area contributed by atoms with Crippen LogP contribution in [-0.4, -0.2) is 37.0 Å². The zero-order valence-electron chi connectivity index (χ0n) is 10.5. The highest BCUT2D eigenvalue weighted by molar-refractivity contribution is 6.30. The quantitative estimate of drug-likeness (QED) is 0.744. The first-order valence-corrected chi connectivity index (χ1v) is 6.20. The van der Waals surface area contributed by atoms with E-state index in [1.54, 1.807) is 31.3 Å². The number of rotatable bonds is 6. The Bertz CT molecular complexity index is 417. The van der Waals surface area contributed by atoms with Crippen molar-refractivity contribution in [3.05, 3.63) is 34.9 Å². The highest BCUT2D eigenvalue weighted by Gasteiger charge is 2.27. The van der Waals surface area contributed by atoms with Crippen LogP contribution >= 0.6 is 11.6 Å². The fraction of sp³-hybridized carbons (Fsp3) is 0.462. The second kappa shape index (κ2) is 6.91. The van der Waals surface area contributed by atoms with Crippen LogP contribution in [0.25, 0.3) is 0 Å². The van der Waals surface area contributed by atoms with Crippen molar-refractivity contribution in [1.29, 1.82) is 0 Å². The Hall–Kier alpha value is -1.07. The third kappa shape index (κ3) is 6.59. The van der Waals surface area contributed by atoms with Gasteiger partial charge in [0.05, 0.1) is 6.42 Å². The van der Waals surface area contributed by atoms with E-state index in [-0.39, 0.29) is 18.7 Å². The molecular weight excluding hydrogens is 279 g/mol. The number of nitrogens with zero attached hydrogens (tertiary/aromatic N) is 1. The third-order valence-electron chi connectivity index (χ3n) is 2.66.